The number of furan rings is 1. The van der Waals surface area contributed by atoms with E-state index in [-0.39, 0.29) is 28.4 Å². The topological polar surface area (TPSA) is 100 Å². The number of nitrogens with one attached hydrogen (secondary N) is 3. The number of aryl methyl sites for hydroxylation is 1. The van der Waals surface area contributed by atoms with Gasteiger partial charge in [0.15, 0.2) is 0 Å². The molecule has 1 heterocycles. The predicted molar refractivity (Wildman–Crippen MR) is 119 cm³/mol. The van der Waals surface area contributed by atoms with Gasteiger partial charge < -0.3 is 20.4 Å². The molecule has 33 heavy (non-hydrogen) atoms. The first kappa shape index (κ1) is 23.6. The number of rotatable bonds is 7. The number of anilines is 2. The SMILES string of the molecule is Cc1occc1C(=O)Nc1cc(NC(=O)C(NC(=O)c2ccc(F)cc2)C(C)C)ccc1F. The van der Waals surface area contributed by atoms with E-state index in [1.54, 1.807) is 20.8 Å². The minimum absolute atomic E-state index is 0.130. The highest BCUT2D eigenvalue weighted by Gasteiger charge is 2.25. The second-order valence-corrected chi connectivity index (χ2v) is 7.73. The molecule has 0 bridgehead atoms. The van der Waals surface area contributed by atoms with Crippen LogP contribution < -0.4 is 16.0 Å². The van der Waals surface area contributed by atoms with Crippen molar-refractivity contribution in [2.75, 3.05) is 10.6 Å². The van der Waals surface area contributed by atoms with Crippen molar-refractivity contribution in [3.8, 4) is 0 Å². The zero-order valence-electron chi connectivity index (χ0n) is 18.2. The van der Waals surface area contributed by atoms with E-state index in [1.165, 1.54) is 36.6 Å². The van der Waals surface area contributed by atoms with Crippen LogP contribution in [0, 0.1) is 24.5 Å². The van der Waals surface area contributed by atoms with Crippen molar-refractivity contribution < 1.29 is 27.6 Å². The van der Waals surface area contributed by atoms with Gasteiger partial charge in [0.25, 0.3) is 11.8 Å². The first-order valence-electron chi connectivity index (χ1n) is 10.2. The lowest BCUT2D eigenvalue weighted by Crippen LogP contribution is -2.47. The molecule has 0 radical (unpaired) electrons. The van der Waals surface area contributed by atoms with Crippen LogP contribution in [-0.2, 0) is 4.79 Å². The Morgan fingerprint density at radius 1 is 0.909 bits per heavy atom. The summed E-state index contributed by atoms with van der Waals surface area (Å²) in [5.74, 6) is -2.69. The Kier molecular flexibility index (Phi) is 7.22. The molecule has 0 saturated carbocycles. The summed E-state index contributed by atoms with van der Waals surface area (Å²) in [4.78, 5) is 37.7. The Morgan fingerprint density at radius 2 is 1.61 bits per heavy atom. The van der Waals surface area contributed by atoms with Gasteiger partial charge in [-0.3, -0.25) is 14.4 Å². The van der Waals surface area contributed by atoms with E-state index in [0.717, 1.165) is 18.2 Å². The predicted octanol–water partition coefficient (Wildman–Crippen LogP) is 4.51. The molecule has 3 N–H and O–H groups in total. The summed E-state index contributed by atoms with van der Waals surface area (Å²) >= 11 is 0. The molecule has 172 valence electrons. The molecule has 0 aliphatic heterocycles. The molecule has 1 atom stereocenters. The fourth-order valence-corrected chi connectivity index (χ4v) is 3.09. The van der Waals surface area contributed by atoms with Crippen LogP contribution in [-0.4, -0.2) is 23.8 Å². The average molecular weight is 455 g/mol. The van der Waals surface area contributed by atoms with Crippen molar-refractivity contribution >= 4 is 29.1 Å². The molecule has 3 amide bonds. The van der Waals surface area contributed by atoms with Crippen LogP contribution in [0.3, 0.4) is 0 Å². The molecule has 3 aromatic rings. The van der Waals surface area contributed by atoms with E-state index < -0.39 is 35.4 Å². The third kappa shape index (κ3) is 5.82. The van der Waals surface area contributed by atoms with Gasteiger partial charge in [0.2, 0.25) is 5.91 Å². The van der Waals surface area contributed by atoms with Crippen molar-refractivity contribution in [1.82, 2.24) is 5.32 Å². The summed E-state index contributed by atoms with van der Waals surface area (Å²) < 4.78 is 32.4. The highest BCUT2D eigenvalue weighted by Crippen LogP contribution is 2.22. The Hall–Kier alpha value is -4.01. The van der Waals surface area contributed by atoms with Crippen LogP contribution in [0.25, 0.3) is 0 Å². The molecule has 1 unspecified atom stereocenters. The first-order chi connectivity index (χ1) is 15.7. The van der Waals surface area contributed by atoms with E-state index in [0.29, 0.717) is 5.76 Å². The molecule has 0 spiro atoms. The van der Waals surface area contributed by atoms with Crippen molar-refractivity contribution in [1.29, 1.82) is 0 Å². The van der Waals surface area contributed by atoms with E-state index in [2.05, 4.69) is 16.0 Å². The maximum atomic E-state index is 14.2. The molecular weight excluding hydrogens is 432 g/mol. The quantitative estimate of drug-likeness (QED) is 0.488. The fraction of sp³-hybridized carbons (Fsp3) is 0.208. The van der Waals surface area contributed by atoms with E-state index in [9.17, 15) is 23.2 Å². The Balaban J connectivity index is 1.72. The minimum Gasteiger partial charge on any atom is -0.469 e. The van der Waals surface area contributed by atoms with Gasteiger partial charge in [0, 0.05) is 11.3 Å². The van der Waals surface area contributed by atoms with Gasteiger partial charge in [-0.05, 0) is 61.4 Å². The molecule has 9 heteroatoms. The van der Waals surface area contributed by atoms with Crippen LogP contribution in [0.15, 0.2) is 59.2 Å². The van der Waals surface area contributed by atoms with E-state index in [1.807, 2.05) is 0 Å². The number of carbonyl (C=O) groups is 3. The lowest BCUT2D eigenvalue weighted by atomic mass is 10.0. The van der Waals surface area contributed by atoms with Gasteiger partial charge >= 0.3 is 0 Å². The third-order valence-corrected chi connectivity index (χ3v) is 4.93. The van der Waals surface area contributed by atoms with Crippen molar-refractivity contribution in [3.05, 3.63) is 83.3 Å². The average Bonchev–Trinajstić information content (AvgIpc) is 3.20. The van der Waals surface area contributed by atoms with Gasteiger partial charge in [0.1, 0.15) is 23.4 Å². The summed E-state index contributed by atoms with van der Waals surface area (Å²) in [5.41, 5.74) is 0.556. The lowest BCUT2D eigenvalue weighted by Gasteiger charge is -2.22. The number of amides is 3. The highest BCUT2D eigenvalue weighted by molar-refractivity contribution is 6.06. The molecule has 7 nitrogen and oxygen atoms in total. The standard InChI is InChI=1S/C24H23F2N3O4/c1-13(2)21(29-22(30)15-4-6-16(25)7-5-15)24(32)27-17-8-9-19(26)20(12-17)28-23(31)18-10-11-33-14(18)3/h4-13,21H,1-3H3,(H,27,32)(H,28,31)(H,29,30). The summed E-state index contributed by atoms with van der Waals surface area (Å²) in [6, 6.07) is 9.20. The molecule has 2 aromatic carbocycles. The second kappa shape index (κ2) is 10.1. The van der Waals surface area contributed by atoms with Crippen molar-refractivity contribution in [2.45, 2.75) is 26.8 Å². The fourth-order valence-electron chi connectivity index (χ4n) is 3.09. The Labute approximate surface area is 189 Å². The van der Waals surface area contributed by atoms with Gasteiger partial charge in [-0.2, -0.15) is 0 Å². The molecule has 0 aliphatic carbocycles. The largest absolute Gasteiger partial charge is 0.469 e. The molecule has 3 rings (SSSR count). The van der Waals surface area contributed by atoms with Crippen LogP contribution in [0.4, 0.5) is 20.2 Å². The van der Waals surface area contributed by atoms with Crippen molar-refractivity contribution in [3.63, 3.8) is 0 Å². The first-order valence-corrected chi connectivity index (χ1v) is 10.2. The smallest absolute Gasteiger partial charge is 0.259 e. The van der Waals surface area contributed by atoms with Gasteiger partial charge in [-0.1, -0.05) is 13.8 Å². The molecule has 0 saturated heterocycles. The molecule has 0 fully saturated rings. The monoisotopic (exact) mass is 455 g/mol. The Morgan fingerprint density at radius 3 is 2.21 bits per heavy atom. The summed E-state index contributed by atoms with van der Waals surface area (Å²) in [7, 11) is 0. The van der Waals surface area contributed by atoms with Gasteiger partial charge in [-0.25, -0.2) is 8.78 Å². The number of hydrogen-bond acceptors (Lipinski definition) is 4. The van der Waals surface area contributed by atoms with Gasteiger partial charge in [0.05, 0.1) is 17.5 Å². The van der Waals surface area contributed by atoms with Crippen LogP contribution in [0.2, 0.25) is 0 Å². The zero-order chi connectivity index (χ0) is 24.1. The molecule has 0 aliphatic rings. The maximum Gasteiger partial charge on any atom is 0.259 e. The number of carbonyl (C=O) groups excluding carboxylic acids is 3. The molecular formula is C24H23F2N3O4. The normalized spacial score (nSPS) is 11.7. The Bertz CT molecular complexity index is 1170. The number of halogens is 2. The zero-order valence-corrected chi connectivity index (χ0v) is 18.2. The van der Waals surface area contributed by atoms with Crippen LogP contribution in [0.1, 0.15) is 40.3 Å². The maximum absolute atomic E-state index is 14.2. The summed E-state index contributed by atoms with van der Waals surface area (Å²) in [6.07, 6.45) is 1.35. The third-order valence-electron chi connectivity index (χ3n) is 4.93. The highest BCUT2D eigenvalue weighted by atomic mass is 19.1. The van der Waals surface area contributed by atoms with Crippen LogP contribution >= 0.6 is 0 Å². The number of benzene rings is 2. The number of hydrogen-bond donors (Lipinski definition) is 3. The van der Waals surface area contributed by atoms with E-state index in [4.69, 9.17) is 4.42 Å². The summed E-state index contributed by atoms with van der Waals surface area (Å²) in [5, 5.41) is 7.71. The van der Waals surface area contributed by atoms with Gasteiger partial charge in [-0.15, -0.1) is 0 Å². The second-order valence-electron chi connectivity index (χ2n) is 7.73. The molecule has 1 aromatic heterocycles. The lowest BCUT2D eigenvalue weighted by molar-refractivity contribution is -0.118. The van der Waals surface area contributed by atoms with Crippen molar-refractivity contribution in [2.24, 2.45) is 5.92 Å². The summed E-state index contributed by atoms with van der Waals surface area (Å²) in [6.45, 7) is 5.10. The van der Waals surface area contributed by atoms with E-state index >= 15 is 0 Å². The minimum atomic E-state index is -0.917. The van der Waals surface area contributed by atoms with Crippen LogP contribution in [0.5, 0.6) is 0 Å².